The van der Waals surface area contributed by atoms with Gasteiger partial charge in [0.05, 0.1) is 18.2 Å². The van der Waals surface area contributed by atoms with Crippen molar-refractivity contribution in [2.75, 3.05) is 7.11 Å². The van der Waals surface area contributed by atoms with Gasteiger partial charge < -0.3 is 15.6 Å². The van der Waals surface area contributed by atoms with Gasteiger partial charge in [0.2, 0.25) is 0 Å². The Kier molecular flexibility index (Phi) is 6.22. The third kappa shape index (κ3) is 3.91. The fourth-order valence-electron chi connectivity index (χ4n) is 1.27. The summed E-state index contributed by atoms with van der Waals surface area (Å²) in [6.45, 7) is 0. The van der Waals surface area contributed by atoms with Crippen LogP contribution in [0.1, 0.15) is 11.6 Å². The van der Waals surface area contributed by atoms with E-state index in [1.54, 1.807) is 0 Å². The van der Waals surface area contributed by atoms with Crippen LogP contribution in [0.3, 0.4) is 0 Å². The fraction of sp³-hybridized carbons (Fsp3) is 0.400. The quantitative estimate of drug-likeness (QED) is 0.903. The molecule has 0 saturated carbocycles. The van der Waals surface area contributed by atoms with Crippen LogP contribution in [0, 0.1) is 0 Å². The molecule has 8 heteroatoms. The molecule has 18 heavy (non-hydrogen) atoms. The second kappa shape index (κ2) is 6.47. The van der Waals surface area contributed by atoms with Crippen LogP contribution in [-0.4, -0.2) is 24.5 Å². The van der Waals surface area contributed by atoms with Crippen LogP contribution in [0.25, 0.3) is 0 Å². The monoisotopic (exact) mass is 305 g/mol. The number of benzene rings is 1. The predicted octanol–water partition coefficient (Wildman–Crippen LogP) is 2.69. The zero-order valence-corrected chi connectivity index (χ0v) is 10.8. The molecule has 0 fully saturated rings. The summed E-state index contributed by atoms with van der Waals surface area (Å²) in [5.74, 6) is 0.203. The van der Waals surface area contributed by atoms with E-state index in [1.807, 2.05) is 0 Å². The van der Waals surface area contributed by atoms with Gasteiger partial charge in [-0.2, -0.15) is 13.2 Å². The van der Waals surface area contributed by atoms with Crippen molar-refractivity contribution < 1.29 is 23.0 Å². The zero-order valence-electron chi connectivity index (χ0n) is 9.24. The van der Waals surface area contributed by atoms with Gasteiger partial charge in [-0.15, -0.1) is 12.4 Å². The molecule has 0 aliphatic carbocycles. The standard InChI is InChI=1S/C10H11ClF3NO2.ClH/c1-17-7-4-5(2-3-6(7)11)8(15)9(16)10(12,13)14;/h2-4,8-9,16H,15H2,1H3;1H/t8-,9-;/m0./s1. The molecule has 1 aromatic carbocycles. The largest absolute Gasteiger partial charge is 0.495 e. The minimum atomic E-state index is -4.77. The van der Waals surface area contributed by atoms with E-state index in [0.29, 0.717) is 0 Å². The van der Waals surface area contributed by atoms with Crippen molar-refractivity contribution in [1.29, 1.82) is 0 Å². The number of methoxy groups -OCH3 is 1. The Balaban J connectivity index is 0.00000289. The minimum absolute atomic E-state index is 0. The Hall–Kier alpha value is -0.690. The highest BCUT2D eigenvalue weighted by Gasteiger charge is 2.42. The van der Waals surface area contributed by atoms with Crippen LogP contribution in [0.15, 0.2) is 18.2 Å². The summed E-state index contributed by atoms with van der Waals surface area (Å²) in [6, 6.07) is 2.35. The van der Waals surface area contributed by atoms with Gasteiger partial charge in [-0.3, -0.25) is 0 Å². The Labute approximate surface area is 113 Å². The fourth-order valence-corrected chi connectivity index (χ4v) is 1.46. The number of aliphatic hydroxyl groups excluding tert-OH is 1. The van der Waals surface area contributed by atoms with E-state index in [9.17, 15) is 13.2 Å². The maximum atomic E-state index is 12.3. The summed E-state index contributed by atoms with van der Waals surface area (Å²) in [7, 11) is 1.33. The van der Waals surface area contributed by atoms with Gasteiger partial charge >= 0.3 is 6.18 Å². The Morgan fingerprint density at radius 3 is 2.39 bits per heavy atom. The van der Waals surface area contributed by atoms with E-state index < -0.39 is 18.3 Å². The number of hydrogen-bond donors (Lipinski definition) is 2. The second-order valence-electron chi connectivity index (χ2n) is 3.41. The Morgan fingerprint density at radius 2 is 1.94 bits per heavy atom. The topological polar surface area (TPSA) is 55.5 Å². The summed E-state index contributed by atoms with van der Waals surface area (Å²) in [4.78, 5) is 0. The third-order valence-electron chi connectivity index (χ3n) is 2.24. The molecule has 104 valence electrons. The first kappa shape index (κ1) is 17.3. The molecule has 0 spiro atoms. The van der Waals surface area contributed by atoms with Gasteiger partial charge in [-0.05, 0) is 17.7 Å². The van der Waals surface area contributed by atoms with Crippen molar-refractivity contribution in [2.45, 2.75) is 18.3 Å². The van der Waals surface area contributed by atoms with Gasteiger partial charge in [0.15, 0.2) is 6.10 Å². The van der Waals surface area contributed by atoms with Gasteiger partial charge in [-0.25, -0.2) is 0 Å². The van der Waals surface area contributed by atoms with Crippen molar-refractivity contribution >= 4 is 24.0 Å². The van der Waals surface area contributed by atoms with E-state index in [-0.39, 0.29) is 28.7 Å². The van der Waals surface area contributed by atoms with Crippen LogP contribution >= 0.6 is 24.0 Å². The molecule has 1 aromatic rings. The summed E-state index contributed by atoms with van der Waals surface area (Å²) in [5, 5.41) is 9.27. The summed E-state index contributed by atoms with van der Waals surface area (Å²) in [6.07, 6.45) is -7.40. The van der Waals surface area contributed by atoms with Crippen molar-refractivity contribution in [3.8, 4) is 5.75 Å². The van der Waals surface area contributed by atoms with Crippen molar-refractivity contribution in [1.82, 2.24) is 0 Å². The molecule has 0 saturated heterocycles. The minimum Gasteiger partial charge on any atom is -0.495 e. The lowest BCUT2D eigenvalue weighted by atomic mass is 10.0. The molecular formula is C10H12Cl2F3NO2. The lowest BCUT2D eigenvalue weighted by Gasteiger charge is -2.22. The Bertz CT molecular complexity index is 401. The molecule has 0 aliphatic heterocycles. The number of halogens is 5. The molecule has 3 N–H and O–H groups in total. The van der Waals surface area contributed by atoms with Crippen LogP contribution in [0.4, 0.5) is 13.2 Å². The molecule has 0 bridgehead atoms. The maximum absolute atomic E-state index is 12.3. The average Bonchev–Trinajstić information content (AvgIpc) is 2.26. The molecule has 0 unspecified atom stereocenters. The van der Waals surface area contributed by atoms with Gasteiger partial charge in [0.25, 0.3) is 0 Å². The van der Waals surface area contributed by atoms with Crippen molar-refractivity contribution in [3.63, 3.8) is 0 Å². The first-order valence-electron chi connectivity index (χ1n) is 4.61. The molecule has 0 amide bonds. The van der Waals surface area contributed by atoms with Gasteiger partial charge in [0.1, 0.15) is 5.75 Å². The summed E-state index contributed by atoms with van der Waals surface area (Å²) < 4.78 is 41.6. The molecule has 0 aliphatic rings. The van der Waals surface area contributed by atoms with Crippen LogP contribution in [0.5, 0.6) is 5.75 Å². The molecule has 1 rings (SSSR count). The lowest BCUT2D eigenvalue weighted by molar-refractivity contribution is -0.210. The number of rotatable bonds is 3. The van der Waals surface area contributed by atoms with E-state index in [0.717, 1.165) is 0 Å². The van der Waals surface area contributed by atoms with Crippen molar-refractivity contribution in [3.05, 3.63) is 28.8 Å². The summed E-state index contributed by atoms with van der Waals surface area (Å²) >= 11 is 5.72. The predicted molar refractivity (Wildman–Crippen MR) is 64.2 cm³/mol. The number of alkyl halides is 3. The first-order chi connectivity index (χ1) is 7.77. The smallest absolute Gasteiger partial charge is 0.416 e. The average molecular weight is 306 g/mol. The van der Waals surface area contributed by atoms with Crippen LogP contribution in [-0.2, 0) is 0 Å². The maximum Gasteiger partial charge on any atom is 0.416 e. The van der Waals surface area contributed by atoms with E-state index in [4.69, 9.17) is 27.2 Å². The molecule has 3 nitrogen and oxygen atoms in total. The SMILES string of the molecule is COc1cc([C@H](N)[C@H](O)C(F)(F)F)ccc1Cl.Cl. The van der Waals surface area contributed by atoms with Gasteiger partial charge in [0, 0.05) is 0 Å². The molecule has 0 aromatic heterocycles. The molecule has 0 heterocycles. The van der Waals surface area contributed by atoms with Gasteiger partial charge in [-0.1, -0.05) is 17.7 Å². The lowest BCUT2D eigenvalue weighted by Crippen LogP contribution is -2.38. The summed E-state index contributed by atoms with van der Waals surface area (Å²) in [5.41, 5.74) is 5.42. The highest BCUT2D eigenvalue weighted by Crippen LogP contribution is 2.32. The number of ether oxygens (including phenoxy) is 1. The number of nitrogens with two attached hydrogens (primary N) is 1. The first-order valence-corrected chi connectivity index (χ1v) is 4.99. The molecular weight excluding hydrogens is 294 g/mol. The number of hydrogen-bond acceptors (Lipinski definition) is 3. The zero-order chi connectivity index (χ0) is 13.2. The van der Waals surface area contributed by atoms with E-state index in [1.165, 1.54) is 25.3 Å². The Morgan fingerprint density at radius 1 is 1.39 bits per heavy atom. The number of aliphatic hydroxyl groups is 1. The normalized spacial score (nSPS) is 14.6. The van der Waals surface area contributed by atoms with Crippen LogP contribution < -0.4 is 10.5 Å². The third-order valence-corrected chi connectivity index (χ3v) is 2.55. The van der Waals surface area contributed by atoms with E-state index in [2.05, 4.69) is 0 Å². The van der Waals surface area contributed by atoms with Crippen molar-refractivity contribution in [2.24, 2.45) is 5.73 Å². The van der Waals surface area contributed by atoms with E-state index >= 15 is 0 Å². The molecule has 0 radical (unpaired) electrons. The molecule has 2 atom stereocenters. The highest BCUT2D eigenvalue weighted by atomic mass is 35.5. The highest BCUT2D eigenvalue weighted by molar-refractivity contribution is 6.32. The second-order valence-corrected chi connectivity index (χ2v) is 3.81. The van der Waals surface area contributed by atoms with Crippen LogP contribution in [0.2, 0.25) is 5.02 Å².